The summed E-state index contributed by atoms with van der Waals surface area (Å²) in [4.78, 5) is 0. The molecule has 0 aromatic rings. The Hall–Kier alpha value is 1.68. The van der Waals surface area contributed by atoms with E-state index in [1.807, 2.05) is 0 Å². The van der Waals surface area contributed by atoms with Gasteiger partial charge in [0.2, 0.25) is 0 Å². The molecule has 0 aromatic heterocycles. The smallest absolute Gasteiger partial charge is 0 e. The van der Waals surface area contributed by atoms with Crippen molar-refractivity contribution in [3.8, 4) is 0 Å². The summed E-state index contributed by atoms with van der Waals surface area (Å²) in [7, 11) is 0. The predicted molar refractivity (Wildman–Crippen MR) is 34.7 cm³/mol. The number of halogens is 4. The average Bonchev–Trinajstić information content (AvgIpc) is 0. The van der Waals surface area contributed by atoms with E-state index in [4.69, 9.17) is 0 Å². The summed E-state index contributed by atoms with van der Waals surface area (Å²) in [5.74, 6) is 0. The van der Waals surface area contributed by atoms with Crippen molar-refractivity contribution in [3.63, 3.8) is 0 Å². The van der Waals surface area contributed by atoms with Crippen molar-refractivity contribution in [2.24, 2.45) is 0 Å². The molecule has 38 valence electrons. The molecule has 0 nitrogen and oxygen atoms in total. The van der Waals surface area contributed by atoms with Crippen molar-refractivity contribution in [2.45, 2.75) is 0 Å². The quantitative estimate of drug-likeness (QED) is 0.545. The Bertz CT molecular complexity index is 3.61. The molecule has 0 aliphatic carbocycles. The van der Waals surface area contributed by atoms with Crippen LogP contribution in [0.2, 0.25) is 0 Å². The second kappa shape index (κ2) is 44.1. The van der Waals surface area contributed by atoms with Crippen molar-refractivity contribution < 1.29 is 0 Å². The van der Waals surface area contributed by atoms with E-state index in [2.05, 4.69) is 0 Å². The van der Waals surface area contributed by atoms with Gasteiger partial charge in [0.25, 0.3) is 0 Å². The summed E-state index contributed by atoms with van der Waals surface area (Å²) in [5.41, 5.74) is 0. The molecule has 0 aliphatic rings. The SMILES string of the molecule is Cl.Cl.Cl.Cl.[Se]. The predicted octanol–water partition coefficient (Wildman–Crippen LogP) is 1.31. The van der Waals surface area contributed by atoms with Crippen LogP contribution in [0.25, 0.3) is 0 Å². The summed E-state index contributed by atoms with van der Waals surface area (Å²) < 4.78 is 0. The number of rotatable bonds is 0. The van der Waals surface area contributed by atoms with E-state index in [1.54, 1.807) is 0 Å². The molecular formula is H4Cl4Se. The summed E-state index contributed by atoms with van der Waals surface area (Å²) in [6, 6.07) is 0. The first-order valence-electron chi connectivity index (χ1n) is 0. The molecule has 0 bridgehead atoms. The van der Waals surface area contributed by atoms with E-state index in [9.17, 15) is 0 Å². The summed E-state index contributed by atoms with van der Waals surface area (Å²) in [5, 5.41) is 0. The first kappa shape index (κ1) is 76.4. The molecule has 0 unspecified atom stereocenters. The van der Waals surface area contributed by atoms with Crippen LogP contribution in [0, 0.1) is 0 Å². The van der Waals surface area contributed by atoms with Gasteiger partial charge in [-0.25, -0.2) is 0 Å². The van der Waals surface area contributed by atoms with Gasteiger partial charge in [0.15, 0.2) is 0 Å². The molecule has 5 heteroatoms. The topological polar surface area (TPSA) is 0 Å². The summed E-state index contributed by atoms with van der Waals surface area (Å²) >= 11 is 0. The van der Waals surface area contributed by atoms with Crippen molar-refractivity contribution in [3.05, 3.63) is 0 Å². The maximum absolute atomic E-state index is 0. The van der Waals surface area contributed by atoms with Gasteiger partial charge in [-0.05, 0) is 0 Å². The largest absolute Gasteiger partial charge is 0.147 e. The molecule has 0 heterocycles. The summed E-state index contributed by atoms with van der Waals surface area (Å²) in [6.45, 7) is 0. The monoisotopic (exact) mass is 224 g/mol. The molecule has 0 fully saturated rings. The van der Waals surface area contributed by atoms with Gasteiger partial charge in [-0.3, -0.25) is 0 Å². The van der Waals surface area contributed by atoms with Crippen LogP contribution in [-0.4, -0.2) is 17.1 Å². The van der Waals surface area contributed by atoms with Crippen LogP contribution in [0.4, 0.5) is 0 Å². The Morgan fingerprint density at radius 1 is 0.400 bits per heavy atom. The van der Waals surface area contributed by atoms with Crippen LogP contribution in [0.15, 0.2) is 0 Å². The second-order valence-corrected chi connectivity index (χ2v) is 0. The number of hydrogen-bond donors (Lipinski definition) is 0. The van der Waals surface area contributed by atoms with Crippen molar-refractivity contribution in [2.75, 3.05) is 0 Å². The van der Waals surface area contributed by atoms with Crippen LogP contribution in [0.5, 0.6) is 0 Å². The molecular weight excluding hydrogens is 221 g/mol. The third-order valence-corrected chi connectivity index (χ3v) is 0. The minimum absolute atomic E-state index is 0. The average molecular weight is 225 g/mol. The van der Waals surface area contributed by atoms with Crippen LogP contribution >= 0.6 is 49.6 Å². The van der Waals surface area contributed by atoms with E-state index in [1.165, 1.54) is 0 Å². The minimum Gasteiger partial charge on any atom is -0.147 e. The molecule has 2 radical (unpaired) electrons. The summed E-state index contributed by atoms with van der Waals surface area (Å²) in [6.07, 6.45) is 0. The van der Waals surface area contributed by atoms with E-state index in [0.717, 1.165) is 0 Å². The Labute approximate surface area is 66.6 Å². The molecule has 0 atom stereocenters. The van der Waals surface area contributed by atoms with Gasteiger partial charge in [-0.2, -0.15) is 0 Å². The molecule has 0 aromatic carbocycles. The third-order valence-electron chi connectivity index (χ3n) is 0. The van der Waals surface area contributed by atoms with Gasteiger partial charge in [-0.15, -0.1) is 49.6 Å². The minimum atomic E-state index is 0. The molecule has 0 saturated heterocycles. The second-order valence-electron chi connectivity index (χ2n) is 0. The molecule has 0 amide bonds. The van der Waals surface area contributed by atoms with Crippen LogP contribution in [-0.2, 0) is 0 Å². The van der Waals surface area contributed by atoms with E-state index >= 15 is 0 Å². The van der Waals surface area contributed by atoms with Gasteiger partial charge < -0.3 is 0 Å². The first-order chi connectivity index (χ1) is 0. The van der Waals surface area contributed by atoms with E-state index in [0.29, 0.717) is 0 Å². The van der Waals surface area contributed by atoms with E-state index in [-0.39, 0.29) is 66.7 Å². The molecule has 0 saturated carbocycles. The fourth-order valence-electron chi connectivity index (χ4n) is 0. The maximum atomic E-state index is 0. The number of hydrogen-bond acceptors (Lipinski definition) is 0. The van der Waals surface area contributed by atoms with Gasteiger partial charge in [0.1, 0.15) is 0 Å². The third kappa shape index (κ3) is 27.3. The van der Waals surface area contributed by atoms with Crippen LogP contribution in [0.3, 0.4) is 0 Å². The Kier molecular flexibility index (Phi) is 674. The van der Waals surface area contributed by atoms with Gasteiger partial charge in [-0.1, -0.05) is 0 Å². The zero-order valence-corrected chi connectivity index (χ0v) is 7.02. The van der Waals surface area contributed by atoms with Gasteiger partial charge >= 0.3 is 0 Å². The standard InChI is InChI=1S/4ClH.Se/h4*1H;. The van der Waals surface area contributed by atoms with Crippen molar-refractivity contribution >= 4 is 66.7 Å². The Morgan fingerprint density at radius 3 is 0.400 bits per heavy atom. The molecule has 0 N–H and O–H groups in total. The fourth-order valence-corrected chi connectivity index (χ4v) is 0. The van der Waals surface area contributed by atoms with Gasteiger partial charge in [0.05, 0.1) is 0 Å². The maximum Gasteiger partial charge on any atom is 0 e. The first-order valence-corrected chi connectivity index (χ1v) is 0. The Morgan fingerprint density at radius 2 is 0.400 bits per heavy atom. The zero-order valence-electron chi connectivity index (χ0n) is 2.04. The molecule has 0 aliphatic heterocycles. The molecule has 5 heavy (non-hydrogen) atoms. The van der Waals surface area contributed by atoms with E-state index < -0.39 is 0 Å². The van der Waals surface area contributed by atoms with Crippen molar-refractivity contribution in [1.29, 1.82) is 0 Å². The molecule has 0 spiro atoms. The zero-order chi connectivity index (χ0) is 0. The molecule has 0 rings (SSSR count). The van der Waals surface area contributed by atoms with Crippen LogP contribution < -0.4 is 0 Å². The normalized spacial score (nSPS) is 0. The van der Waals surface area contributed by atoms with Crippen LogP contribution in [0.1, 0.15) is 0 Å². The fraction of sp³-hybridized carbons (Fsp3) is 0. The van der Waals surface area contributed by atoms with Gasteiger partial charge in [0, 0.05) is 17.1 Å². The van der Waals surface area contributed by atoms with Crippen molar-refractivity contribution in [1.82, 2.24) is 0 Å². The Balaban J connectivity index is 0.